The lowest BCUT2D eigenvalue weighted by molar-refractivity contribution is -0.139. The molecule has 1 aliphatic heterocycles. The number of carbonyl (C=O) groups excluding carboxylic acids is 1. The van der Waals surface area contributed by atoms with E-state index < -0.39 is 12.6 Å². The van der Waals surface area contributed by atoms with Gasteiger partial charge in [0.05, 0.1) is 7.11 Å². The van der Waals surface area contributed by atoms with Crippen LogP contribution in [0.3, 0.4) is 0 Å². The summed E-state index contributed by atoms with van der Waals surface area (Å²) in [5.74, 6) is 0.377. The SMILES string of the molecule is COc1cc(C(=O)Nc2ccc(OCC(=O)O)cc2C)cc2c1OCCO2. The van der Waals surface area contributed by atoms with Gasteiger partial charge in [-0.2, -0.15) is 0 Å². The second kappa shape index (κ2) is 7.86. The van der Waals surface area contributed by atoms with E-state index in [1.807, 2.05) is 0 Å². The summed E-state index contributed by atoms with van der Waals surface area (Å²) < 4.78 is 21.5. The summed E-state index contributed by atoms with van der Waals surface area (Å²) >= 11 is 0. The van der Waals surface area contributed by atoms with Crippen LogP contribution in [0.5, 0.6) is 23.0 Å². The maximum Gasteiger partial charge on any atom is 0.341 e. The normalized spacial score (nSPS) is 12.2. The molecule has 0 spiro atoms. The third-order valence-electron chi connectivity index (χ3n) is 3.90. The summed E-state index contributed by atoms with van der Waals surface area (Å²) in [7, 11) is 1.50. The number of methoxy groups -OCH3 is 1. The number of amides is 1. The molecule has 0 saturated carbocycles. The molecule has 0 atom stereocenters. The van der Waals surface area contributed by atoms with Crippen molar-refractivity contribution in [2.24, 2.45) is 0 Å². The molecule has 0 aromatic heterocycles. The molecule has 0 radical (unpaired) electrons. The standard InChI is InChI=1S/C19H19NO7/c1-11-7-13(27-10-17(21)22)3-4-14(11)20-19(23)12-8-15(24-2)18-16(9-12)25-5-6-26-18/h3-4,7-9H,5-6,10H2,1-2H3,(H,20,23)(H,21,22). The predicted octanol–water partition coefficient (Wildman–Crippen LogP) is 2.49. The van der Waals surface area contributed by atoms with Crippen LogP contribution in [0, 0.1) is 6.92 Å². The quantitative estimate of drug-likeness (QED) is 0.802. The molecule has 8 nitrogen and oxygen atoms in total. The molecule has 0 bridgehead atoms. The van der Waals surface area contributed by atoms with Crippen molar-refractivity contribution in [3.05, 3.63) is 41.5 Å². The highest BCUT2D eigenvalue weighted by atomic mass is 16.6. The second-order valence-electron chi connectivity index (χ2n) is 5.82. The molecule has 0 aliphatic carbocycles. The number of nitrogens with one attached hydrogen (secondary N) is 1. The Hall–Kier alpha value is -3.42. The maximum absolute atomic E-state index is 12.6. The van der Waals surface area contributed by atoms with E-state index >= 15 is 0 Å². The monoisotopic (exact) mass is 373 g/mol. The number of rotatable bonds is 6. The fourth-order valence-corrected chi connectivity index (χ4v) is 2.61. The summed E-state index contributed by atoms with van der Waals surface area (Å²) in [5.41, 5.74) is 1.67. The summed E-state index contributed by atoms with van der Waals surface area (Å²) in [6.07, 6.45) is 0. The van der Waals surface area contributed by atoms with E-state index in [1.165, 1.54) is 7.11 Å². The van der Waals surface area contributed by atoms with E-state index in [0.717, 1.165) is 5.56 Å². The first kappa shape index (κ1) is 18.4. The average Bonchev–Trinajstić information content (AvgIpc) is 2.67. The molecule has 8 heteroatoms. The second-order valence-corrected chi connectivity index (χ2v) is 5.82. The number of ether oxygens (including phenoxy) is 4. The Morgan fingerprint density at radius 1 is 1.19 bits per heavy atom. The molecule has 0 unspecified atom stereocenters. The van der Waals surface area contributed by atoms with Crippen LogP contribution in [0.4, 0.5) is 5.69 Å². The zero-order valence-electron chi connectivity index (χ0n) is 14.9. The van der Waals surface area contributed by atoms with Gasteiger partial charge in [-0.25, -0.2) is 4.79 Å². The van der Waals surface area contributed by atoms with Crippen molar-refractivity contribution in [3.8, 4) is 23.0 Å². The third-order valence-corrected chi connectivity index (χ3v) is 3.90. The molecule has 2 aromatic carbocycles. The molecule has 2 N–H and O–H groups in total. The molecule has 142 valence electrons. The highest BCUT2D eigenvalue weighted by Gasteiger charge is 2.21. The lowest BCUT2D eigenvalue weighted by Crippen LogP contribution is -2.18. The lowest BCUT2D eigenvalue weighted by Gasteiger charge is -2.21. The highest BCUT2D eigenvalue weighted by molar-refractivity contribution is 6.05. The van der Waals surface area contributed by atoms with Crippen LogP contribution in [-0.2, 0) is 4.79 Å². The van der Waals surface area contributed by atoms with Crippen molar-refractivity contribution in [1.82, 2.24) is 0 Å². The van der Waals surface area contributed by atoms with E-state index in [4.69, 9.17) is 24.1 Å². The minimum atomic E-state index is -1.06. The highest BCUT2D eigenvalue weighted by Crippen LogP contribution is 2.40. The molecule has 27 heavy (non-hydrogen) atoms. The van der Waals surface area contributed by atoms with E-state index in [1.54, 1.807) is 37.3 Å². The van der Waals surface area contributed by atoms with E-state index in [9.17, 15) is 9.59 Å². The van der Waals surface area contributed by atoms with Crippen molar-refractivity contribution < 1.29 is 33.6 Å². The Balaban J connectivity index is 1.78. The summed E-state index contributed by atoms with van der Waals surface area (Å²) in [6.45, 7) is 2.18. The number of carbonyl (C=O) groups is 2. The van der Waals surface area contributed by atoms with E-state index in [2.05, 4.69) is 5.32 Å². The van der Waals surface area contributed by atoms with Gasteiger partial charge >= 0.3 is 5.97 Å². The largest absolute Gasteiger partial charge is 0.493 e. The number of carboxylic acids is 1. The lowest BCUT2D eigenvalue weighted by atomic mass is 10.1. The minimum absolute atomic E-state index is 0.340. The van der Waals surface area contributed by atoms with Gasteiger partial charge in [0.25, 0.3) is 5.91 Å². The Labute approximate surface area is 155 Å². The molecule has 0 fully saturated rings. The van der Waals surface area contributed by atoms with E-state index in [-0.39, 0.29) is 5.91 Å². The van der Waals surface area contributed by atoms with Crippen LogP contribution >= 0.6 is 0 Å². The molecule has 3 rings (SSSR count). The number of benzene rings is 2. The van der Waals surface area contributed by atoms with Crippen molar-refractivity contribution in [2.75, 3.05) is 32.2 Å². The van der Waals surface area contributed by atoms with Crippen molar-refractivity contribution in [3.63, 3.8) is 0 Å². The van der Waals surface area contributed by atoms with Crippen LogP contribution in [0.1, 0.15) is 15.9 Å². The van der Waals surface area contributed by atoms with Crippen molar-refractivity contribution in [1.29, 1.82) is 0 Å². The molecular weight excluding hydrogens is 354 g/mol. The number of carboxylic acid groups (broad SMARTS) is 1. The number of hydrogen-bond acceptors (Lipinski definition) is 6. The molecule has 0 saturated heterocycles. The van der Waals surface area contributed by atoms with E-state index in [0.29, 0.717) is 47.5 Å². The first-order chi connectivity index (χ1) is 13.0. The number of anilines is 1. The zero-order valence-corrected chi connectivity index (χ0v) is 14.9. The average molecular weight is 373 g/mol. The molecular formula is C19H19NO7. The Morgan fingerprint density at radius 3 is 2.67 bits per heavy atom. The Kier molecular flexibility index (Phi) is 5.35. The Bertz CT molecular complexity index is 861. The summed E-state index contributed by atoms with van der Waals surface area (Å²) in [4.78, 5) is 23.2. The smallest absolute Gasteiger partial charge is 0.341 e. The Morgan fingerprint density at radius 2 is 1.96 bits per heavy atom. The topological polar surface area (TPSA) is 103 Å². The minimum Gasteiger partial charge on any atom is -0.493 e. The van der Waals surface area contributed by atoms with Gasteiger partial charge < -0.3 is 29.4 Å². The number of aryl methyl sites for hydroxylation is 1. The number of aliphatic carboxylic acids is 1. The van der Waals surface area contributed by atoms with Gasteiger partial charge in [0.15, 0.2) is 18.1 Å². The van der Waals surface area contributed by atoms with Crippen molar-refractivity contribution >= 4 is 17.6 Å². The van der Waals surface area contributed by atoms with Crippen LogP contribution in [0.15, 0.2) is 30.3 Å². The molecule has 1 heterocycles. The predicted molar refractivity (Wildman–Crippen MR) is 96.2 cm³/mol. The van der Waals surface area contributed by atoms with Gasteiger partial charge in [0.2, 0.25) is 5.75 Å². The fraction of sp³-hybridized carbons (Fsp3) is 0.263. The number of fused-ring (bicyclic) bond motifs is 1. The molecule has 1 aliphatic rings. The number of hydrogen-bond donors (Lipinski definition) is 2. The first-order valence-electron chi connectivity index (χ1n) is 8.22. The van der Waals surface area contributed by atoms with Gasteiger partial charge in [-0.15, -0.1) is 0 Å². The fourth-order valence-electron chi connectivity index (χ4n) is 2.61. The van der Waals surface area contributed by atoms with Gasteiger partial charge in [-0.1, -0.05) is 0 Å². The van der Waals surface area contributed by atoms with Gasteiger partial charge in [-0.3, -0.25) is 4.79 Å². The summed E-state index contributed by atoms with van der Waals surface area (Å²) in [6, 6.07) is 8.09. The molecule has 1 amide bonds. The van der Waals surface area contributed by atoms with Crippen LogP contribution in [0.2, 0.25) is 0 Å². The van der Waals surface area contributed by atoms with Crippen LogP contribution in [0.25, 0.3) is 0 Å². The van der Waals surface area contributed by atoms with Gasteiger partial charge in [-0.05, 0) is 42.8 Å². The first-order valence-corrected chi connectivity index (χ1v) is 8.22. The van der Waals surface area contributed by atoms with Crippen LogP contribution < -0.4 is 24.3 Å². The molecule has 2 aromatic rings. The zero-order chi connectivity index (χ0) is 19.4. The van der Waals surface area contributed by atoms with Crippen molar-refractivity contribution in [2.45, 2.75) is 6.92 Å². The van der Waals surface area contributed by atoms with Crippen LogP contribution in [-0.4, -0.2) is 43.9 Å². The van der Waals surface area contributed by atoms with Gasteiger partial charge in [0.1, 0.15) is 19.0 Å². The summed E-state index contributed by atoms with van der Waals surface area (Å²) in [5, 5.41) is 11.5. The van der Waals surface area contributed by atoms with Gasteiger partial charge in [0, 0.05) is 11.3 Å². The maximum atomic E-state index is 12.6. The third kappa shape index (κ3) is 4.22.